The van der Waals surface area contributed by atoms with E-state index in [4.69, 9.17) is 17.5 Å². The lowest BCUT2D eigenvalue weighted by atomic mass is 9.82. The van der Waals surface area contributed by atoms with Crippen molar-refractivity contribution in [3.8, 4) is 6.07 Å². The van der Waals surface area contributed by atoms with Crippen molar-refractivity contribution < 1.29 is 45.8 Å². The number of piperazine rings is 1. The number of hydrogen-bond acceptors (Lipinski definition) is 9. The van der Waals surface area contributed by atoms with Gasteiger partial charge in [-0.3, -0.25) is 24.2 Å². The summed E-state index contributed by atoms with van der Waals surface area (Å²) >= 11 is 5.68. The summed E-state index contributed by atoms with van der Waals surface area (Å²) in [6.07, 6.45) is -4.02. The lowest BCUT2D eigenvalue weighted by Crippen LogP contribution is -2.60. The van der Waals surface area contributed by atoms with Crippen molar-refractivity contribution in [3.63, 3.8) is 0 Å². The highest BCUT2D eigenvalue weighted by Crippen LogP contribution is 2.41. The number of aliphatic hydroxyl groups excluding tert-OH is 1. The molecule has 1 saturated carbocycles. The average Bonchev–Trinajstić information content (AvgIpc) is 3.33. The lowest BCUT2D eigenvalue weighted by molar-refractivity contribution is -0.197. The number of benzene rings is 1. The highest BCUT2D eigenvalue weighted by molar-refractivity contribution is 7.80. The van der Waals surface area contributed by atoms with Gasteiger partial charge in [-0.2, -0.15) is 31.6 Å². The quantitative estimate of drug-likeness (QED) is 0.207. The highest BCUT2D eigenvalue weighted by Gasteiger charge is 2.53. The Hall–Kier alpha value is -4.38. The third-order valence-corrected chi connectivity index (χ3v) is 12.2. The number of aromatic nitrogens is 1. The molecular weight excluding hydrogens is 791 g/mol. The van der Waals surface area contributed by atoms with Crippen LogP contribution in [0.1, 0.15) is 88.0 Å². The molecule has 6 rings (SSSR count). The number of alkyl halides is 6. The summed E-state index contributed by atoms with van der Waals surface area (Å²) in [5.41, 5.74) is -2.27. The van der Waals surface area contributed by atoms with Crippen LogP contribution in [-0.2, 0) is 20.6 Å². The number of aliphatic hydroxyl groups is 1. The Morgan fingerprint density at radius 1 is 1.05 bits per heavy atom. The number of rotatable bonds is 10. The van der Waals surface area contributed by atoms with E-state index < -0.39 is 65.7 Å². The number of nitrogens with zero attached hydrogens (tertiary/aromatic N) is 6. The highest BCUT2D eigenvalue weighted by atomic mass is 32.1. The molecule has 3 amide bonds. The molecule has 3 aliphatic heterocycles. The molecule has 314 valence electrons. The molecule has 1 aliphatic carbocycles. The molecule has 3 atom stereocenters. The monoisotopic (exact) mass is 836 g/mol. The number of carbonyl (C=O) groups excluding carboxylic acids is 3. The van der Waals surface area contributed by atoms with Crippen molar-refractivity contribution in [2.75, 3.05) is 42.9 Å². The number of anilines is 2. The van der Waals surface area contributed by atoms with Gasteiger partial charge in [-0.1, -0.05) is 12.1 Å². The molecule has 0 spiro atoms. The number of piperidine rings is 1. The summed E-state index contributed by atoms with van der Waals surface area (Å²) in [7, 11) is 0. The number of nitriles is 1. The minimum absolute atomic E-state index is 0.0571. The van der Waals surface area contributed by atoms with Crippen LogP contribution in [0.15, 0.2) is 36.5 Å². The topological polar surface area (TPSA) is 145 Å². The van der Waals surface area contributed by atoms with Gasteiger partial charge in [0.2, 0.25) is 11.8 Å². The summed E-state index contributed by atoms with van der Waals surface area (Å²) in [6, 6.07) is 6.74. The molecule has 0 radical (unpaired) electrons. The van der Waals surface area contributed by atoms with E-state index in [0.717, 1.165) is 41.3 Å². The Labute approximate surface area is 337 Å². The Bertz CT molecular complexity index is 1910. The first kappa shape index (κ1) is 43.2. The van der Waals surface area contributed by atoms with Crippen molar-refractivity contribution in [2.45, 2.75) is 107 Å². The van der Waals surface area contributed by atoms with E-state index in [1.165, 1.54) is 6.07 Å². The van der Waals surface area contributed by atoms with Crippen molar-refractivity contribution in [1.82, 2.24) is 25.0 Å². The molecule has 4 fully saturated rings. The van der Waals surface area contributed by atoms with E-state index in [9.17, 15) is 45.8 Å². The second-order valence-electron chi connectivity index (χ2n) is 16.0. The predicted octanol–water partition coefficient (Wildman–Crippen LogP) is 5.52. The third kappa shape index (κ3) is 9.40. The summed E-state index contributed by atoms with van der Waals surface area (Å²) in [6.45, 7) is 3.52. The molecule has 58 heavy (non-hydrogen) atoms. The van der Waals surface area contributed by atoms with Crippen molar-refractivity contribution >= 4 is 46.4 Å². The molecule has 19 heteroatoms. The van der Waals surface area contributed by atoms with Gasteiger partial charge in [0.15, 0.2) is 10.8 Å². The molecule has 1 aromatic carbocycles. The molecule has 3 saturated heterocycles. The second-order valence-corrected chi connectivity index (χ2v) is 16.4. The van der Waals surface area contributed by atoms with Crippen LogP contribution in [0.3, 0.4) is 0 Å². The molecule has 0 bridgehead atoms. The van der Waals surface area contributed by atoms with Crippen molar-refractivity contribution in [1.29, 1.82) is 5.26 Å². The largest absolute Gasteiger partial charge is 0.419 e. The molecule has 12 nitrogen and oxygen atoms in total. The molecule has 2 unspecified atom stereocenters. The zero-order valence-corrected chi connectivity index (χ0v) is 32.9. The SMILES string of the molecule is CC1(C)C(=O)N(c2cnc(C#N)c(C(F)(F)F)c2)C(=S)N1[C@H]1CC[C@H](CCCN2CCN(CC(=O)Nc3ccc(C4CCC(O)NC4=O)cc3)[C@@H](C(F)(F)F)C2)CC1. The zero-order chi connectivity index (χ0) is 42.2. The lowest BCUT2D eigenvalue weighted by Gasteiger charge is -2.42. The summed E-state index contributed by atoms with van der Waals surface area (Å²) in [5, 5.41) is 24.0. The third-order valence-electron chi connectivity index (χ3n) is 11.8. The maximum atomic E-state index is 14.3. The predicted molar refractivity (Wildman–Crippen MR) is 204 cm³/mol. The molecular formula is C39H46F6N8O4S. The Kier molecular flexibility index (Phi) is 12.7. The number of nitrogens with one attached hydrogen (secondary N) is 2. The van der Waals surface area contributed by atoms with E-state index in [1.807, 2.05) is 0 Å². The maximum Gasteiger partial charge on any atom is 0.419 e. The standard InChI is InChI=1S/C39H46F6N8O4S/c1-37(2)35(57)52(27-18-29(38(40,41)42)30(19-46)47-20-27)36(58)53(37)26-11-5-23(6-12-26)4-3-15-50-16-17-51(31(21-50)39(43,44)45)22-33(55)48-25-9-7-24(8-10-25)28-13-14-32(54)49-34(28)56/h7-10,18,20,23,26,28,31-32,54H,3-6,11-17,21-22H2,1-2H3,(H,48,55)(H,49,56)/t23-,26-,28?,31-,32?/m1/s1. The Balaban J connectivity index is 0.969. The fraction of sp³-hybridized carbons (Fsp3) is 0.590. The van der Waals surface area contributed by atoms with Crippen molar-refractivity contribution in [3.05, 3.63) is 53.3 Å². The minimum atomic E-state index is -4.86. The second kappa shape index (κ2) is 17.1. The molecule has 2 aromatic rings. The fourth-order valence-corrected chi connectivity index (χ4v) is 9.27. The minimum Gasteiger partial charge on any atom is -0.374 e. The summed E-state index contributed by atoms with van der Waals surface area (Å²) in [5.74, 6) is -1.52. The van der Waals surface area contributed by atoms with Crippen LogP contribution < -0.4 is 15.5 Å². The number of carbonyl (C=O) groups is 3. The van der Waals surface area contributed by atoms with Crippen LogP contribution in [0.2, 0.25) is 0 Å². The molecule has 1 aromatic heterocycles. The van der Waals surface area contributed by atoms with Crippen LogP contribution in [0.5, 0.6) is 0 Å². The number of pyridine rings is 1. The Morgan fingerprint density at radius 2 is 1.74 bits per heavy atom. The van der Waals surface area contributed by atoms with E-state index in [0.29, 0.717) is 62.4 Å². The van der Waals surface area contributed by atoms with E-state index >= 15 is 0 Å². The van der Waals surface area contributed by atoms with Crippen LogP contribution in [0.4, 0.5) is 37.7 Å². The number of halogens is 6. The number of hydrogen-bond donors (Lipinski definition) is 3. The number of amides is 3. The van der Waals surface area contributed by atoms with E-state index in [1.54, 1.807) is 47.9 Å². The van der Waals surface area contributed by atoms with Gasteiger partial charge in [-0.25, -0.2) is 4.98 Å². The first-order chi connectivity index (χ1) is 27.3. The smallest absolute Gasteiger partial charge is 0.374 e. The van der Waals surface area contributed by atoms with Crippen LogP contribution >= 0.6 is 12.2 Å². The molecule has 3 N–H and O–H groups in total. The van der Waals surface area contributed by atoms with Gasteiger partial charge in [0, 0.05) is 31.4 Å². The van der Waals surface area contributed by atoms with Gasteiger partial charge >= 0.3 is 12.4 Å². The van der Waals surface area contributed by atoms with Gasteiger partial charge in [0.05, 0.1) is 29.9 Å². The van der Waals surface area contributed by atoms with Crippen LogP contribution in [-0.4, -0.2) is 110 Å². The first-order valence-electron chi connectivity index (χ1n) is 19.3. The van der Waals surface area contributed by atoms with Gasteiger partial charge in [0.1, 0.15) is 23.9 Å². The van der Waals surface area contributed by atoms with Gasteiger partial charge in [-0.15, -0.1) is 0 Å². The molecule has 4 heterocycles. The van der Waals surface area contributed by atoms with Crippen LogP contribution in [0.25, 0.3) is 0 Å². The van der Waals surface area contributed by atoms with Crippen molar-refractivity contribution in [2.24, 2.45) is 5.92 Å². The number of thiocarbonyl (C=S) groups is 1. The van der Waals surface area contributed by atoms with Gasteiger partial charge in [-0.05, 0) is 114 Å². The summed E-state index contributed by atoms with van der Waals surface area (Å²) < 4.78 is 83.9. The van der Waals surface area contributed by atoms with Gasteiger partial charge < -0.3 is 25.5 Å². The van der Waals surface area contributed by atoms with E-state index in [-0.39, 0.29) is 35.8 Å². The average molecular weight is 837 g/mol. The fourth-order valence-electron chi connectivity index (χ4n) is 8.70. The van der Waals surface area contributed by atoms with Gasteiger partial charge in [0.25, 0.3) is 5.91 Å². The zero-order valence-electron chi connectivity index (χ0n) is 32.1. The Morgan fingerprint density at radius 3 is 2.36 bits per heavy atom. The van der Waals surface area contributed by atoms with E-state index in [2.05, 4.69) is 15.6 Å². The van der Waals surface area contributed by atoms with Crippen LogP contribution in [0, 0.1) is 17.2 Å². The molecule has 4 aliphatic rings. The summed E-state index contributed by atoms with van der Waals surface area (Å²) in [4.78, 5) is 48.1. The maximum absolute atomic E-state index is 14.3. The first-order valence-corrected chi connectivity index (χ1v) is 19.7. The normalized spacial score (nSPS) is 26.1.